The minimum atomic E-state index is -1.03. The Kier molecular flexibility index (Phi) is 4.56. The van der Waals surface area contributed by atoms with E-state index in [0.717, 1.165) is 11.3 Å². The molecular formula is C16H14O5. The van der Waals surface area contributed by atoms with Gasteiger partial charge in [-0.15, -0.1) is 0 Å². The monoisotopic (exact) mass is 286 g/mol. The molecule has 0 fully saturated rings. The third-order valence-electron chi connectivity index (χ3n) is 2.90. The summed E-state index contributed by atoms with van der Waals surface area (Å²) in [6, 6.07) is 12.8. The molecule has 5 heteroatoms. The van der Waals surface area contributed by atoms with Crippen molar-refractivity contribution < 1.29 is 24.2 Å². The molecule has 0 aliphatic carbocycles. The van der Waals surface area contributed by atoms with Crippen molar-refractivity contribution in [3.63, 3.8) is 0 Å². The van der Waals surface area contributed by atoms with Crippen molar-refractivity contribution in [2.24, 2.45) is 0 Å². The van der Waals surface area contributed by atoms with Crippen molar-refractivity contribution in [2.45, 2.75) is 6.61 Å². The first kappa shape index (κ1) is 14.6. The van der Waals surface area contributed by atoms with Crippen molar-refractivity contribution in [3.8, 4) is 5.75 Å². The number of carboxylic acids is 1. The molecule has 0 unspecified atom stereocenters. The number of hydrogen-bond donors (Lipinski definition) is 1. The summed E-state index contributed by atoms with van der Waals surface area (Å²) in [5.41, 5.74) is 1.28. The number of benzene rings is 2. The van der Waals surface area contributed by atoms with Crippen molar-refractivity contribution >= 4 is 11.9 Å². The van der Waals surface area contributed by atoms with Crippen LogP contribution in [0.1, 0.15) is 26.3 Å². The van der Waals surface area contributed by atoms with Crippen molar-refractivity contribution in [2.75, 3.05) is 7.11 Å². The minimum absolute atomic E-state index is 0.127. The molecule has 1 N–H and O–H groups in total. The summed E-state index contributed by atoms with van der Waals surface area (Å²) in [5.74, 6) is -0.801. The van der Waals surface area contributed by atoms with Crippen LogP contribution >= 0.6 is 0 Å². The molecule has 0 heterocycles. The van der Waals surface area contributed by atoms with Gasteiger partial charge >= 0.3 is 11.9 Å². The Morgan fingerprint density at radius 2 is 1.52 bits per heavy atom. The van der Waals surface area contributed by atoms with Crippen molar-refractivity contribution in [3.05, 3.63) is 65.2 Å². The second-order valence-electron chi connectivity index (χ2n) is 4.31. The third kappa shape index (κ3) is 3.82. The molecule has 0 aromatic heterocycles. The van der Waals surface area contributed by atoms with E-state index in [-0.39, 0.29) is 12.2 Å². The van der Waals surface area contributed by atoms with Gasteiger partial charge in [0, 0.05) is 0 Å². The van der Waals surface area contributed by atoms with Gasteiger partial charge in [-0.3, -0.25) is 0 Å². The van der Waals surface area contributed by atoms with Gasteiger partial charge in [-0.1, -0.05) is 12.1 Å². The zero-order valence-corrected chi connectivity index (χ0v) is 11.4. The van der Waals surface area contributed by atoms with E-state index in [1.165, 1.54) is 24.3 Å². The Hall–Kier alpha value is -2.82. The van der Waals surface area contributed by atoms with Gasteiger partial charge in [0.15, 0.2) is 0 Å². The molecule has 0 saturated carbocycles. The van der Waals surface area contributed by atoms with Crippen LogP contribution in [0.2, 0.25) is 0 Å². The van der Waals surface area contributed by atoms with E-state index in [1.54, 1.807) is 31.4 Å². The highest BCUT2D eigenvalue weighted by Gasteiger charge is 2.09. The van der Waals surface area contributed by atoms with E-state index >= 15 is 0 Å². The van der Waals surface area contributed by atoms with Gasteiger partial charge in [0.1, 0.15) is 12.4 Å². The minimum Gasteiger partial charge on any atom is -0.497 e. The number of rotatable bonds is 5. The van der Waals surface area contributed by atoms with E-state index < -0.39 is 11.9 Å². The Labute approximate surface area is 121 Å². The summed E-state index contributed by atoms with van der Waals surface area (Å²) in [6.07, 6.45) is 0. The highest BCUT2D eigenvalue weighted by atomic mass is 16.5. The molecule has 0 radical (unpaired) electrons. The summed E-state index contributed by atoms with van der Waals surface area (Å²) in [7, 11) is 1.58. The van der Waals surface area contributed by atoms with Crippen LogP contribution in [0.5, 0.6) is 5.75 Å². The van der Waals surface area contributed by atoms with Gasteiger partial charge in [0.25, 0.3) is 0 Å². The van der Waals surface area contributed by atoms with E-state index in [4.69, 9.17) is 14.6 Å². The number of methoxy groups -OCH3 is 1. The molecule has 21 heavy (non-hydrogen) atoms. The van der Waals surface area contributed by atoms with E-state index in [0.29, 0.717) is 5.56 Å². The second-order valence-corrected chi connectivity index (χ2v) is 4.31. The van der Waals surface area contributed by atoms with Crippen LogP contribution in [0.25, 0.3) is 0 Å². The summed E-state index contributed by atoms with van der Waals surface area (Å²) in [6.45, 7) is 0.142. The van der Waals surface area contributed by atoms with Crippen LogP contribution in [-0.2, 0) is 11.3 Å². The molecular weight excluding hydrogens is 272 g/mol. The standard InChI is InChI=1S/C16H14O5/c1-20-14-8-2-11(3-9-14)10-21-16(19)13-6-4-12(5-7-13)15(17)18/h2-9H,10H2,1H3,(H,17,18). The maximum absolute atomic E-state index is 11.8. The average Bonchev–Trinajstić information content (AvgIpc) is 2.53. The van der Waals surface area contributed by atoms with E-state index in [1.807, 2.05) is 0 Å². The fourth-order valence-electron chi connectivity index (χ4n) is 1.70. The molecule has 5 nitrogen and oxygen atoms in total. The van der Waals surface area contributed by atoms with Gasteiger partial charge < -0.3 is 14.6 Å². The number of carbonyl (C=O) groups is 2. The zero-order valence-electron chi connectivity index (χ0n) is 11.4. The molecule has 0 aliphatic heterocycles. The zero-order chi connectivity index (χ0) is 15.2. The Bertz CT molecular complexity index is 629. The normalized spacial score (nSPS) is 9.95. The molecule has 0 saturated heterocycles. The van der Waals surface area contributed by atoms with Crippen LogP contribution in [-0.4, -0.2) is 24.2 Å². The lowest BCUT2D eigenvalue weighted by atomic mass is 10.1. The van der Waals surface area contributed by atoms with Crippen LogP contribution in [0.3, 0.4) is 0 Å². The summed E-state index contributed by atoms with van der Waals surface area (Å²) in [4.78, 5) is 22.5. The number of hydrogen-bond acceptors (Lipinski definition) is 4. The molecule has 0 amide bonds. The first-order valence-electron chi connectivity index (χ1n) is 6.23. The van der Waals surface area contributed by atoms with Crippen molar-refractivity contribution in [1.82, 2.24) is 0 Å². The van der Waals surface area contributed by atoms with Gasteiger partial charge in [-0.25, -0.2) is 9.59 Å². The smallest absolute Gasteiger partial charge is 0.338 e. The molecule has 0 bridgehead atoms. The van der Waals surface area contributed by atoms with Crippen LogP contribution in [0, 0.1) is 0 Å². The first-order chi connectivity index (χ1) is 10.1. The molecule has 108 valence electrons. The van der Waals surface area contributed by atoms with Crippen LogP contribution in [0.15, 0.2) is 48.5 Å². The second kappa shape index (κ2) is 6.56. The lowest BCUT2D eigenvalue weighted by Gasteiger charge is -2.06. The van der Waals surface area contributed by atoms with E-state index in [2.05, 4.69) is 0 Å². The number of esters is 1. The molecule has 0 spiro atoms. The molecule has 2 aromatic carbocycles. The average molecular weight is 286 g/mol. The van der Waals surface area contributed by atoms with Crippen molar-refractivity contribution in [1.29, 1.82) is 0 Å². The number of carboxylic acid groups (broad SMARTS) is 1. The lowest BCUT2D eigenvalue weighted by molar-refractivity contribution is 0.0472. The third-order valence-corrected chi connectivity index (χ3v) is 2.90. The predicted octanol–water partition coefficient (Wildman–Crippen LogP) is 2.75. The van der Waals surface area contributed by atoms with Crippen LogP contribution in [0.4, 0.5) is 0 Å². The fraction of sp³-hybridized carbons (Fsp3) is 0.125. The lowest BCUT2D eigenvalue weighted by Crippen LogP contribution is -2.06. The molecule has 2 rings (SSSR count). The number of carbonyl (C=O) groups excluding carboxylic acids is 1. The first-order valence-corrected chi connectivity index (χ1v) is 6.23. The highest BCUT2D eigenvalue weighted by Crippen LogP contribution is 2.13. The van der Waals surface area contributed by atoms with E-state index in [9.17, 15) is 9.59 Å². The SMILES string of the molecule is COc1ccc(COC(=O)c2ccc(C(=O)O)cc2)cc1. The highest BCUT2D eigenvalue weighted by molar-refractivity contribution is 5.92. The fourth-order valence-corrected chi connectivity index (χ4v) is 1.70. The Morgan fingerprint density at radius 1 is 0.952 bits per heavy atom. The largest absolute Gasteiger partial charge is 0.497 e. The van der Waals surface area contributed by atoms with Gasteiger partial charge in [0.2, 0.25) is 0 Å². The summed E-state index contributed by atoms with van der Waals surface area (Å²) >= 11 is 0. The molecule has 0 atom stereocenters. The van der Waals surface area contributed by atoms with Gasteiger partial charge in [-0.05, 0) is 42.0 Å². The quantitative estimate of drug-likeness (QED) is 0.856. The maximum atomic E-state index is 11.8. The summed E-state index contributed by atoms with van der Waals surface area (Å²) in [5, 5.41) is 8.78. The Morgan fingerprint density at radius 3 is 2.05 bits per heavy atom. The van der Waals surface area contributed by atoms with Crippen LogP contribution < -0.4 is 4.74 Å². The topological polar surface area (TPSA) is 72.8 Å². The molecule has 0 aliphatic rings. The maximum Gasteiger partial charge on any atom is 0.338 e. The number of aromatic carboxylic acids is 1. The summed E-state index contributed by atoms with van der Waals surface area (Å²) < 4.78 is 10.2. The molecule has 2 aromatic rings. The number of ether oxygens (including phenoxy) is 2. The Balaban J connectivity index is 1.95. The van der Waals surface area contributed by atoms with Gasteiger partial charge in [0.05, 0.1) is 18.2 Å². The van der Waals surface area contributed by atoms with Gasteiger partial charge in [-0.2, -0.15) is 0 Å². The predicted molar refractivity (Wildman–Crippen MR) is 75.5 cm³/mol.